The second kappa shape index (κ2) is 10.8. The highest BCUT2D eigenvalue weighted by Crippen LogP contribution is 2.54. The van der Waals surface area contributed by atoms with Gasteiger partial charge in [-0.15, -0.1) is 0 Å². The topological polar surface area (TPSA) is 118 Å². The van der Waals surface area contributed by atoms with Gasteiger partial charge in [-0.1, -0.05) is 64.6 Å². The lowest BCUT2D eigenvalue weighted by atomic mass is 9.83. The van der Waals surface area contributed by atoms with Gasteiger partial charge in [-0.05, 0) is 55.8 Å². The number of ether oxygens (including phenoxy) is 1. The number of methoxy groups -OCH3 is 1. The smallest absolute Gasteiger partial charge is 0.308 e. The van der Waals surface area contributed by atoms with E-state index in [1.54, 1.807) is 36.4 Å². The van der Waals surface area contributed by atoms with E-state index >= 15 is 0 Å². The number of carbonyl (C=O) groups excluding carboxylic acids is 3. The Morgan fingerprint density at radius 3 is 2.29 bits per heavy atom. The van der Waals surface area contributed by atoms with Gasteiger partial charge in [0.25, 0.3) is 0 Å². The Hall–Kier alpha value is -4.35. The number of thioether (sulfide) groups is 1. The van der Waals surface area contributed by atoms with E-state index < -0.39 is 17.1 Å². The summed E-state index contributed by atoms with van der Waals surface area (Å²) in [6.45, 7) is 3.62. The van der Waals surface area contributed by atoms with Gasteiger partial charge in [-0.2, -0.15) is 0 Å². The van der Waals surface area contributed by atoms with E-state index in [0.29, 0.717) is 26.8 Å². The zero-order chi connectivity index (χ0) is 29.7. The van der Waals surface area contributed by atoms with Crippen LogP contribution in [-0.4, -0.2) is 39.8 Å². The third-order valence-corrected chi connectivity index (χ3v) is 10.1. The quantitative estimate of drug-likeness (QED) is 0.308. The van der Waals surface area contributed by atoms with Gasteiger partial charge in [0.05, 0.1) is 23.7 Å². The van der Waals surface area contributed by atoms with Crippen molar-refractivity contribution in [1.29, 1.82) is 0 Å². The van der Waals surface area contributed by atoms with E-state index in [1.807, 2.05) is 38.1 Å². The van der Waals surface area contributed by atoms with Gasteiger partial charge < -0.3 is 15.2 Å². The van der Waals surface area contributed by atoms with Crippen molar-refractivity contribution in [2.75, 3.05) is 17.3 Å². The predicted molar refractivity (Wildman–Crippen MR) is 162 cm³/mol. The van der Waals surface area contributed by atoms with Gasteiger partial charge in [-0.3, -0.25) is 23.7 Å². The molecule has 1 fully saturated rings. The summed E-state index contributed by atoms with van der Waals surface area (Å²) >= 11 is 2.11. The number of amides is 3. The SMILES string of the molecule is COc1cc([C@@H]2c3sc(=O)n(CC(=O)Nc4ccc(C)cc4)c3S[C@@H]3C(=O)N(c4ccc(C)cc4)C(=O)[C@H]23)ccc1O. The number of aromatic hydroxyl groups is 1. The van der Waals surface area contributed by atoms with Crippen LogP contribution in [0.3, 0.4) is 0 Å². The first kappa shape index (κ1) is 27.8. The summed E-state index contributed by atoms with van der Waals surface area (Å²) in [5.41, 5.74) is 3.74. The summed E-state index contributed by atoms with van der Waals surface area (Å²) < 4.78 is 6.71. The molecular weight excluding hydrogens is 574 g/mol. The fourth-order valence-electron chi connectivity index (χ4n) is 5.43. The number of imide groups is 1. The molecule has 9 nitrogen and oxygen atoms in total. The first-order chi connectivity index (χ1) is 20.2. The molecule has 0 radical (unpaired) electrons. The van der Waals surface area contributed by atoms with Crippen molar-refractivity contribution >= 4 is 52.2 Å². The summed E-state index contributed by atoms with van der Waals surface area (Å²) in [6.07, 6.45) is 0. The first-order valence-electron chi connectivity index (χ1n) is 13.2. The van der Waals surface area contributed by atoms with Crippen LogP contribution in [0, 0.1) is 19.8 Å². The number of nitrogens with one attached hydrogen (secondary N) is 1. The Balaban J connectivity index is 1.43. The Morgan fingerprint density at radius 2 is 1.62 bits per heavy atom. The van der Waals surface area contributed by atoms with Gasteiger partial charge in [0.1, 0.15) is 11.8 Å². The molecule has 2 aliphatic heterocycles. The number of fused-ring (bicyclic) bond motifs is 2. The minimum Gasteiger partial charge on any atom is -0.504 e. The third kappa shape index (κ3) is 4.78. The van der Waals surface area contributed by atoms with Crippen LogP contribution < -0.4 is 19.8 Å². The fraction of sp³-hybridized carbons (Fsp3) is 0.226. The van der Waals surface area contributed by atoms with Crippen LogP contribution in [0.15, 0.2) is 76.6 Å². The van der Waals surface area contributed by atoms with Crippen molar-refractivity contribution in [3.05, 3.63) is 98.0 Å². The second-order valence-electron chi connectivity index (χ2n) is 10.4. The standard InChI is InChI=1S/C31H27N3O6S2/c1-16-4-9-19(10-5-16)32-23(36)15-33-30-27(42-31(33)39)24(18-8-13-21(35)22(14-18)40-3)25-26(41-30)29(38)34(28(25)37)20-11-6-17(2)7-12-20/h4-14,24-26,35H,15H2,1-3H3,(H,32,36)/t24-,25+,26-/m0/s1. The number of anilines is 2. The Morgan fingerprint density at radius 1 is 0.952 bits per heavy atom. The molecule has 4 aromatic rings. The normalized spacial score (nSPS) is 19.4. The molecule has 11 heteroatoms. The molecule has 42 heavy (non-hydrogen) atoms. The molecule has 0 saturated carbocycles. The molecule has 214 valence electrons. The number of nitrogens with zero attached hydrogens (tertiary/aromatic N) is 2. The molecule has 3 amide bonds. The van der Waals surface area contributed by atoms with Crippen LogP contribution in [0.1, 0.15) is 27.5 Å². The molecule has 2 N–H and O–H groups in total. The van der Waals surface area contributed by atoms with Crippen molar-refractivity contribution in [3.63, 3.8) is 0 Å². The van der Waals surface area contributed by atoms with Crippen LogP contribution in [-0.2, 0) is 20.9 Å². The average molecular weight is 602 g/mol. The van der Waals surface area contributed by atoms with Gasteiger partial charge >= 0.3 is 4.87 Å². The van der Waals surface area contributed by atoms with Gasteiger partial charge in [0.15, 0.2) is 11.5 Å². The van der Waals surface area contributed by atoms with Crippen molar-refractivity contribution in [2.45, 2.75) is 36.6 Å². The number of rotatable bonds is 6. The lowest BCUT2D eigenvalue weighted by Gasteiger charge is -2.31. The number of carbonyl (C=O) groups is 3. The van der Waals surface area contributed by atoms with E-state index in [1.165, 1.54) is 22.6 Å². The van der Waals surface area contributed by atoms with Crippen LogP contribution >= 0.6 is 23.1 Å². The highest BCUT2D eigenvalue weighted by molar-refractivity contribution is 8.00. The monoisotopic (exact) mass is 601 g/mol. The van der Waals surface area contributed by atoms with Crippen LogP contribution in [0.25, 0.3) is 0 Å². The summed E-state index contributed by atoms with van der Waals surface area (Å²) in [5.74, 6) is -2.48. The Bertz CT molecular complexity index is 1780. The number of phenolic OH excluding ortho intramolecular Hbond substituents is 1. The summed E-state index contributed by atoms with van der Waals surface area (Å²) in [5, 5.41) is 12.7. The van der Waals surface area contributed by atoms with Crippen molar-refractivity contribution in [1.82, 2.24) is 4.57 Å². The van der Waals surface area contributed by atoms with Gasteiger partial charge in [0.2, 0.25) is 17.7 Å². The molecule has 3 heterocycles. The highest BCUT2D eigenvalue weighted by Gasteiger charge is 2.57. The maximum atomic E-state index is 14.0. The highest BCUT2D eigenvalue weighted by atomic mass is 32.2. The number of aromatic nitrogens is 1. The lowest BCUT2D eigenvalue weighted by Crippen LogP contribution is -2.33. The molecule has 0 unspecified atom stereocenters. The lowest BCUT2D eigenvalue weighted by molar-refractivity contribution is -0.122. The largest absolute Gasteiger partial charge is 0.504 e. The van der Waals surface area contributed by atoms with Gasteiger partial charge in [0, 0.05) is 16.5 Å². The summed E-state index contributed by atoms with van der Waals surface area (Å²) in [4.78, 5) is 55.7. The number of benzene rings is 3. The zero-order valence-electron chi connectivity index (χ0n) is 23.0. The van der Waals surface area contributed by atoms with E-state index in [2.05, 4.69) is 5.32 Å². The van der Waals surface area contributed by atoms with E-state index in [9.17, 15) is 24.3 Å². The minimum atomic E-state index is -0.823. The van der Waals surface area contributed by atoms with Crippen molar-refractivity contribution < 1.29 is 24.2 Å². The molecule has 3 atom stereocenters. The van der Waals surface area contributed by atoms with Crippen LogP contribution in [0.5, 0.6) is 11.5 Å². The van der Waals surface area contributed by atoms with Crippen LogP contribution in [0.4, 0.5) is 11.4 Å². The third-order valence-electron chi connectivity index (χ3n) is 7.54. The number of hydrogen-bond donors (Lipinski definition) is 2. The molecule has 0 spiro atoms. The molecule has 6 rings (SSSR count). The number of phenols is 1. The van der Waals surface area contributed by atoms with E-state index in [0.717, 1.165) is 34.2 Å². The molecule has 0 aliphatic carbocycles. The summed E-state index contributed by atoms with van der Waals surface area (Å²) in [6, 6.07) is 19.3. The first-order valence-corrected chi connectivity index (χ1v) is 14.9. The molecule has 3 aromatic carbocycles. The van der Waals surface area contributed by atoms with Crippen molar-refractivity contribution in [3.8, 4) is 11.5 Å². The molecule has 1 saturated heterocycles. The van der Waals surface area contributed by atoms with Gasteiger partial charge in [-0.25, -0.2) is 4.90 Å². The minimum absolute atomic E-state index is 0.0724. The maximum absolute atomic E-state index is 14.0. The number of thiazole rings is 1. The number of hydrogen-bond acceptors (Lipinski definition) is 8. The average Bonchev–Trinajstić information content (AvgIpc) is 3.41. The number of aryl methyl sites for hydroxylation is 2. The van der Waals surface area contributed by atoms with Crippen molar-refractivity contribution in [2.24, 2.45) is 5.92 Å². The predicted octanol–water partition coefficient (Wildman–Crippen LogP) is 4.68. The molecular formula is C31H27N3O6S2. The second-order valence-corrected chi connectivity index (χ2v) is 12.5. The Labute approximate surface area is 249 Å². The molecule has 1 aromatic heterocycles. The fourth-order valence-corrected chi connectivity index (χ4v) is 8.20. The van der Waals surface area contributed by atoms with E-state index in [-0.39, 0.29) is 40.6 Å². The van der Waals surface area contributed by atoms with E-state index in [4.69, 9.17) is 4.74 Å². The maximum Gasteiger partial charge on any atom is 0.308 e. The summed E-state index contributed by atoms with van der Waals surface area (Å²) in [7, 11) is 1.43. The molecule has 0 bridgehead atoms. The van der Waals surface area contributed by atoms with Crippen LogP contribution in [0.2, 0.25) is 0 Å². The zero-order valence-corrected chi connectivity index (χ0v) is 24.6. The molecule has 2 aliphatic rings. The Kier molecular flexibility index (Phi) is 7.15.